The van der Waals surface area contributed by atoms with E-state index in [0.717, 1.165) is 31.0 Å². The van der Waals surface area contributed by atoms with Gasteiger partial charge in [0.25, 0.3) is 0 Å². The Balaban J connectivity index is 2.06. The van der Waals surface area contributed by atoms with Crippen LogP contribution < -0.4 is 10.1 Å². The minimum atomic E-state index is 0.529. The first-order chi connectivity index (χ1) is 9.33. The monoisotopic (exact) mass is 257 g/mol. The lowest BCUT2D eigenvalue weighted by Gasteiger charge is -2.09. The molecule has 4 heteroatoms. The maximum Gasteiger partial charge on any atom is 0.237 e. The molecular weight excluding hydrogens is 238 g/mol. The summed E-state index contributed by atoms with van der Waals surface area (Å²) in [5.74, 6) is 1.37. The molecule has 0 aliphatic rings. The second-order valence-corrected chi connectivity index (χ2v) is 4.19. The van der Waals surface area contributed by atoms with Crippen molar-refractivity contribution < 1.29 is 4.74 Å². The van der Waals surface area contributed by atoms with Crippen LogP contribution in [0.15, 0.2) is 36.7 Å². The highest BCUT2D eigenvalue weighted by Gasteiger charge is 2.04. The molecule has 1 heterocycles. The standard InChI is InChI=1S/C15H19N3O/c1-3-12-7-5-6-8-14(12)19-15-11-17-13(10-18-15)9-16-4-2/h5-8,10-11,16H,3-4,9H2,1-2H3. The zero-order valence-corrected chi connectivity index (χ0v) is 11.4. The zero-order valence-electron chi connectivity index (χ0n) is 11.4. The highest BCUT2D eigenvalue weighted by Crippen LogP contribution is 2.23. The number of ether oxygens (including phenoxy) is 1. The highest BCUT2D eigenvalue weighted by molar-refractivity contribution is 5.35. The van der Waals surface area contributed by atoms with E-state index in [-0.39, 0.29) is 0 Å². The largest absolute Gasteiger partial charge is 0.437 e. The topological polar surface area (TPSA) is 47.0 Å². The number of para-hydroxylation sites is 1. The second-order valence-electron chi connectivity index (χ2n) is 4.19. The van der Waals surface area contributed by atoms with E-state index in [1.165, 1.54) is 5.56 Å². The van der Waals surface area contributed by atoms with Gasteiger partial charge < -0.3 is 10.1 Å². The van der Waals surface area contributed by atoms with Crippen LogP contribution in [-0.4, -0.2) is 16.5 Å². The molecule has 0 fully saturated rings. The maximum atomic E-state index is 5.77. The van der Waals surface area contributed by atoms with Crippen LogP contribution in [0.5, 0.6) is 11.6 Å². The summed E-state index contributed by atoms with van der Waals surface area (Å²) in [6, 6.07) is 7.98. The van der Waals surface area contributed by atoms with Gasteiger partial charge in [-0.05, 0) is 24.6 Å². The summed E-state index contributed by atoms with van der Waals surface area (Å²) in [4.78, 5) is 8.60. The lowest BCUT2D eigenvalue weighted by molar-refractivity contribution is 0.453. The van der Waals surface area contributed by atoms with Gasteiger partial charge in [0.2, 0.25) is 5.88 Å². The van der Waals surface area contributed by atoms with Crippen molar-refractivity contribution in [3.05, 3.63) is 47.9 Å². The molecule has 0 radical (unpaired) electrons. The molecule has 0 bridgehead atoms. The molecule has 100 valence electrons. The van der Waals surface area contributed by atoms with Crippen molar-refractivity contribution in [1.29, 1.82) is 0 Å². The summed E-state index contributed by atoms with van der Waals surface area (Å²) in [5.41, 5.74) is 2.08. The lowest BCUT2D eigenvalue weighted by Crippen LogP contribution is -2.13. The van der Waals surface area contributed by atoms with E-state index in [4.69, 9.17) is 4.74 Å². The zero-order chi connectivity index (χ0) is 13.5. The molecular formula is C15H19N3O. The van der Waals surface area contributed by atoms with Gasteiger partial charge in [-0.2, -0.15) is 0 Å². The number of aryl methyl sites for hydroxylation is 1. The minimum Gasteiger partial charge on any atom is -0.437 e. The molecule has 2 rings (SSSR count). The Morgan fingerprint density at radius 1 is 1.11 bits per heavy atom. The number of nitrogens with one attached hydrogen (secondary N) is 1. The van der Waals surface area contributed by atoms with E-state index in [2.05, 4.69) is 35.2 Å². The Bertz CT molecular complexity index is 511. The normalized spacial score (nSPS) is 10.4. The summed E-state index contributed by atoms with van der Waals surface area (Å²) in [6.45, 7) is 5.82. The maximum absolute atomic E-state index is 5.77. The Labute approximate surface area is 113 Å². The summed E-state index contributed by atoms with van der Waals surface area (Å²) >= 11 is 0. The van der Waals surface area contributed by atoms with Crippen LogP contribution in [0.2, 0.25) is 0 Å². The summed E-state index contributed by atoms with van der Waals surface area (Å²) in [5, 5.41) is 3.21. The first-order valence-electron chi connectivity index (χ1n) is 6.60. The molecule has 0 saturated heterocycles. The molecule has 0 saturated carbocycles. The predicted molar refractivity (Wildman–Crippen MR) is 75.3 cm³/mol. The lowest BCUT2D eigenvalue weighted by atomic mass is 10.1. The molecule has 0 aliphatic heterocycles. The van der Waals surface area contributed by atoms with Gasteiger partial charge in [-0.25, -0.2) is 4.98 Å². The van der Waals surface area contributed by atoms with E-state index in [1.807, 2.05) is 18.2 Å². The third-order valence-electron chi connectivity index (χ3n) is 2.81. The molecule has 2 aromatic rings. The molecule has 0 aliphatic carbocycles. The molecule has 1 aromatic heterocycles. The van der Waals surface area contributed by atoms with E-state index >= 15 is 0 Å². The van der Waals surface area contributed by atoms with Crippen LogP contribution >= 0.6 is 0 Å². The SMILES string of the molecule is CCNCc1cnc(Oc2ccccc2CC)cn1. The van der Waals surface area contributed by atoms with Crippen molar-refractivity contribution >= 4 is 0 Å². The van der Waals surface area contributed by atoms with E-state index < -0.39 is 0 Å². The van der Waals surface area contributed by atoms with Crippen LogP contribution in [0.1, 0.15) is 25.1 Å². The average molecular weight is 257 g/mol. The van der Waals surface area contributed by atoms with Crippen molar-refractivity contribution in [3.8, 4) is 11.6 Å². The summed E-state index contributed by atoms with van der Waals surface area (Å²) in [6.07, 6.45) is 4.34. The average Bonchev–Trinajstić information content (AvgIpc) is 2.47. The van der Waals surface area contributed by atoms with Crippen LogP contribution in [0.25, 0.3) is 0 Å². The van der Waals surface area contributed by atoms with Crippen LogP contribution in [0.4, 0.5) is 0 Å². The number of nitrogens with zero attached hydrogens (tertiary/aromatic N) is 2. The third kappa shape index (κ3) is 3.76. The molecule has 0 unspecified atom stereocenters. The third-order valence-corrected chi connectivity index (χ3v) is 2.81. The van der Waals surface area contributed by atoms with E-state index in [9.17, 15) is 0 Å². The van der Waals surface area contributed by atoms with Crippen LogP contribution in [0, 0.1) is 0 Å². The Kier molecular flexibility index (Phi) is 4.86. The quantitative estimate of drug-likeness (QED) is 0.864. The molecule has 4 nitrogen and oxygen atoms in total. The minimum absolute atomic E-state index is 0.529. The first-order valence-corrected chi connectivity index (χ1v) is 6.60. The number of aromatic nitrogens is 2. The van der Waals surface area contributed by atoms with Gasteiger partial charge in [0.1, 0.15) is 5.75 Å². The Hall–Kier alpha value is -1.94. The molecule has 0 spiro atoms. The fourth-order valence-electron chi connectivity index (χ4n) is 1.75. The molecule has 1 N–H and O–H groups in total. The van der Waals surface area contributed by atoms with Gasteiger partial charge in [0.05, 0.1) is 18.1 Å². The number of hydrogen-bond acceptors (Lipinski definition) is 4. The Morgan fingerprint density at radius 3 is 2.63 bits per heavy atom. The van der Waals surface area contributed by atoms with Crippen molar-refractivity contribution in [3.63, 3.8) is 0 Å². The molecule has 0 amide bonds. The molecule has 19 heavy (non-hydrogen) atoms. The van der Waals surface area contributed by atoms with Gasteiger partial charge in [-0.15, -0.1) is 0 Å². The van der Waals surface area contributed by atoms with Gasteiger partial charge in [0.15, 0.2) is 0 Å². The van der Waals surface area contributed by atoms with Crippen LogP contribution in [0.3, 0.4) is 0 Å². The van der Waals surface area contributed by atoms with E-state index in [1.54, 1.807) is 12.4 Å². The Morgan fingerprint density at radius 2 is 1.95 bits per heavy atom. The van der Waals surface area contributed by atoms with Crippen molar-refractivity contribution in [2.45, 2.75) is 26.8 Å². The smallest absolute Gasteiger partial charge is 0.237 e. The number of rotatable bonds is 6. The van der Waals surface area contributed by atoms with Crippen molar-refractivity contribution in [2.75, 3.05) is 6.54 Å². The van der Waals surface area contributed by atoms with Crippen molar-refractivity contribution in [2.24, 2.45) is 0 Å². The number of hydrogen-bond donors (Lipinski definition) is 1. The predicted octanol–water partition coefficient (Wildman–Crippen LogP) is 2.94. The van der Waals surface area contributed by atoms with Gasteiger partial charge in [-0.1, -0.05) is 32.0 Å². The van der Waals surface area contributed by atoms with Gasteiger partial charge in [0, 0.05) is 6.54 Å². The fraction of sp³-hybridized carbons (Fsp3) is 0.333. The fourth-order valence-corrected chi connectivity index (χ4v) is 1.75. The number of benzene rings is 1. The first kappa shape index (κ1) is 13.5. The van der Waals surface area contributed by atoms with Crippen LogP contribution in [-0.2, 0) is 13.0 Å². The molecule has 1 aromatic carbocycles. The highest BCUT2D eigenvalue weighted by atomic mass is 16.5. The second kappa shape index (κ2) is 6.85. The molecule has 0 atom stereocenters. The van der Waals surface area contributed by atoms with E-state index in [0.29, 0.717) is 5.88 Å². The van der Waals surface area contributed by atoms with Gasteiger partial charge >= 0.3 is 0 Å². The summed E-state index contributed by atoms with van der Waals surface area (Å²) in [7, 11) is 0. The van der Waals surface area contributed by atoms with Gasteiger partial charge in [-0.3, -0.25) is 4.98 Å². The summed E-state index contributed by atoms with van der Waals surface area (Å²) < 4.78 is 5.77. The van der Waals surface area contributed by atoms with Crippen molar-refractivity contribution in [1.82, 2.24) is 15.3 Å².